The molecular weight excluding hydrogens is 997 g/mol. The van der Waals surface area contributed by atoms with E-state index in [9.17, 15) is 19.2 Å². The number of aromatic nitrogens is 1. The van der Waals surface area contributed by atoms with Crippen molar-refractivity contribution in [3.63, 3.8) is 0 Å². The van der Waals surface area contributed by atoms with Crippen molar-refractivity contribution in [2.75, 3.05) is 9.80 Å². The van der Waals surface area contributed by atoms with Crippen LogP contribution in [-0.2, 0) is 0 Å². The predicted octanol–water partition coefficient (Wildman–Crippen LogP) is 8.78. The van der Waals surface area contributed by atoms with Crippen LogP contribution >= 0.6 is 127 Å². The number of anilines is 2. The minimum Gasteiger partial charge on any atom is -0.268 e. The van der Waals surface area contributed by atoms with Gasteiger partial charge in [0, 0.05) is 35.8 Å². The molecule has 2 aliphatic rings. The molecule has 1 aromatic heterocycles. The number of carbonyl (C=O) groups is 4. The highest BCUT2D eigenvalue weighted by molar-refractivity contribution is 9.15. The summed E-state index contributed by atoms with van der Waals surface area (Å²) in [6, 6.07) is 4.42. The lowest BCUT2D eigenvalue weighted by atomic mass is 10.1. The van der Waals surface area contributed by atoms with Gasteiger partial charge >= 0.3 is 0 Å². The molecule has 182 valence electrons. The van der Waals surface area contributed by atoms with Crippen molar-refractivity contribution >= 4 is 163 Å². The van der Waals surface area contributed by atoms with Gasteiger partial charge in [0.2, 0.25) is 0 Å². The molecule has 0 bridgehead atoms. The number of rotatable bonds is 2. The highest BCUT2D eigenvalue weighted by Crippen LogP contribution is 2.47. The summed E-state index contributed by atoms with van der Waals surface area (Å²) < 4.78 is 3.81. The van der Waals surface area contributed by atoms with Crippen LogP contribution in [0, 0.1) is 0 Å². The van der Waals surface area contributed by atoms with Crippen LogP contribution in [0.2, 0.25) is 0 Å². The van der Waals surface area contributed by atoms with Crippen molar-refractivity contribution < 1.29 is 19.2 Å². The zero-order chi connectivity index (χ0) is 26.4. The van der Waals surface area contributed by atoms with Gasteiger partial charge in [-0.3, -0.25) is 19.2 Å². The first kappa shape index (κ1) is 27.3. The third-order valence-corrected chi connectivity index (χ3v) is 14.9. The van der Waals surface area contributed by atoms with Crippen LogP contribution in [0.1, 0.15) is 41.4 Å². The van der Waals surface area contributed by atoms with Gasteiger partial charge in [0.15, 0.2) is 0 Å². The molecule has 0 saturated carbocycles. The number of pyridine rings is 1. The Labute approximate surface area is 269 Å². The molecule has 3 heterocycles. The van der Waals surface area contributed by atoms with Gasteiger partial charge in [-0.15, -0.1) is 0 Å². The Morgan fingerprint density at radius 3 is 0.944 bits per heavy atom. The normalized spacial score (nSPS) is 14.8. The molecule has 0 N–H and O–H groups in total. The number of nitrogens with zero attached hydrogens (tertiary/aromatic N) is 3. The second kappa shape index (κ2) is 9.72. The molecule has 36 heavy (non-hydrogen) atoms. The fourth-order valence-electron chi connectivity index (χ4n) is 3.78. The second-order valence-electron chi connectivity index (χ2n) is 7.26. The average Bonchev–Trinajstić information content (AvgIpc) is 3.27. The summed E-state index contributed by atoms with van der Waals surface area (Å²) in [5.41, 5.74) is 0.602. The van der Waals surface area contributed by atoms with Crippen LogP contribution in [0.5, 0.6) is 0 Å². The number of imide groups is 2. The van der Waals surface area contributed by atoms with Gasteiger partial charge in [-0.05, 0) is 140 Å². The molecule has 2 aromatic carbocycles. The van der Waals surface area contributed by atoms with Crippen molar-refractivity contribution in [3.05, 3.63) is 76.2 Å². The lowest BCUT2D eigenvalue weighted by molar-refractivity contribution is 0.0911. The fraction of sp³-hybridized carbons (Fsp3) is 0. The van der Waals surface area contributed by atoms with Crippen LogP contribution in [0.25, 0.3) is 0 Å². The molecule has 0 fully saturated rings. The van der Waals surface area contributed by atoms with Gasteiger partial charge in [-0.25, -0.2) is 14.8 Å². The van der Waals surface area contributed by atoms with Gasteiger partial charge in [-0.1, -0.05) is 6.07 Å². The van der Waals surface area contributed by atoms with Gasteiger partial charge in [0.1, 0.15) is 11.6 Å². The van der Waals surface area contributed by atoms with E-state index in [0.717, 1.165) is 9.80 Å². The molecule has 5 rings (SSSR count). The molecule has 0 saturated heterocycles. The quantitative estimate of drug-likeness (QED) is 0.146. The number of carbonyl (C=O) groups excluding carboxylic acids is 4. The highest BCUT2D eigenvalue weighted by Gasteiger charge is 2.45. The number of amides is 4. The first-order valence-electron chi connectivity index (χ1n) is 9.36. The topological polar surface area (TPSA) is 87.7 Å². The minimum absolute atomic E-state index is 0.0400. The van der Waals surface area contributed by atoms with Crippen molar-refractivity contribution in [2.45, 2.75) is 0 Å². The fourth-order valence-corrected chi connectivity index (χ4v) is 8.69. The second-order valence-corrected chi connectivity index (χ2v) is 13.6. The summed E-state index contributed by atoms with van der Waals surface area (Å²) in [6.07, 6.45) is 0. The molecule has 0 unspecified atom stereocenters. The highest BCUT2D eigenvalue weighted by atomic mass is 79.9. The van der Waals surface area contributed by atoms with Crippen LogP contribution < -0.4 is 9.80 Å². The lowest BCUT2D eigenvalue weighted by Gasteiger charge is -2.17. The number of benzene rings is 2. The number of hydrogen-bond donors (Lipinski definition) is 0. The molecule has 4 amide bonds. The van der Waals surface area contributed by atoms with Gasteiger partial charge < -0.3 is 0 Å². The Kier molecular flexibility index (Phi) is 7.36. The number of fused-ring (bicyclic) bond motifs is 2. The molecule has 0 aliphatic carbocycles. The van der Waals surface area contributed by atoms with Gasteiger partial charge in [-0.2, -0.15) is 0 Å². The van der Waals surface area contributed by atoms with Crippen molar-refractivity contribution in [2.24, 2.45) is 0 Å². The van der Waals surface area contributed by atoms with E-state index in [4.69, 9.17) is 0 Å². The van der Waals surface area contributed by atoms with Crippen LogP contribution in [-0.4, -0.2) is 28.6 Å². The monoisotopic (exact) mass is 992 g/mol. The Balaban J connectivity index is 1.61. The first-order valence-corrected chi connectivity index (χ1v) is 15.7. The summed E-state index contributed by atoms with van der Waals surface area (Å²) in [7, 11) is 0. The summed E-state index contributed by atoms with van der Waals surface area (Å²) in [6.45, 7) is 0. The maximum Gasteiger partial charge on any atom is 0.268 e. The maximum atomic E-state index is 13.4. The summed E-state index contributed by atoms with van der Waals surface area (Å²) in [5.74, 6) is -2.52. The molecule has 15 heteroatoms. The van der Waals surface area contributed by atoms with E-state index in [-0.39, 0.29) is 33.9 Å². The summed E-state index contributed by atoms with van der Waals surface area (Å²) >= 11 is 27.1. The summed E-state index contributed by atoms with van der Waals surface area (Å²) in [5, 5.41) is 0. The number of hydrogen-bond acceptors (Lipinski definition) is 5. The van der Waals surface area contributed by atoms with Crippen LogP contribution in [0.3, 0.4) is 0 Å². The van der Waals surface area contributed by atoms with E-state index in [1.54, 1.807) is 0 Å². The Hall–Kier alpha value is -0.290. The molecule has 3 aromatic rings. The number of halogens is 8. The molecular formula is C21H3Br8N3O4. The predicted molar refractivity (Wildman–Crippen MR) is 161 cm³/mol. The van der Waals surface area contributed by atoms with Crippen molar-refractivity contribution in [3.8, 4) is 0 Å². The van der Waals surface area contributed by atoms with Crippen LogP contribution in [0.4, 0.5) is 11.6 Å². The smallest absolute Gasteiger partial charge is 0.268 e. The molecule has 0 spiro atoms. The third-order valence-electron chi connectivity index (χ3n) is 5.38. The van der Waals surface area contributed by atoms with E-state index in [2.05, 4.69) is 132 Å². The molecule has 0 atom stereocenters. The standard InChI is InChI=1S/C21H3Br8N3O4/c22-10-6-7(11(23)15(27)14(10)26)19(34)31(18(6)33)4-2-1-3-5(30-4)32-20(35)8-9(21(32)36)13(25)17(29)16(28)12(8)24/h1-3H. The van der Waals surface area contributed by atoms with E-state index >= 15 is 0 Å². The average molecular weight is 1000 g/mol. The van der Waals surface area contributed by atoms with E-state index < -0.39 is 23.6 Å². The van der Waals surface area contributed by atoms with Crippen molar-refractivity contribution in [1.29, 1.82) is 0 Å². The Morgan fingerprint density at radius 1 is 0.444 bits per heavy atom. The summed E-state index contributed by atoms with van der Waals surface area (Å²) in [4.78, 5) is 59.6. The molecule has 2 aliphatic heterocycles. The van der Waals surface area contributed by atoms with E-state index in [0.29, 0.717) is 35.8 Å². The zero-order valence-corrected chi connectivity index (χ0v) is 29.4. The third kappa shape index (κ3) is 3.78. The van der Waals surface area contributed by atoms with E-state index in [1.165, 1.54) is 18.2 Å². The molecule has 0 radical (unpaired) electrons. The minimum atomic E-state index is -0.610. The van der Waals surface area contributed by atoms with Gasteiger partial charge in [0.25, 0.3) is 23.6 Å². The SMILES string of the molecule is O=C1c2c(Br)c(Br)c(Br)c(Br)c2C(=O)N1c1cccc(N2C(=O)c3c(Br)c(Br)c(Br)c(Br)c3C2=O)n1. The molecule has 7 nitrogen and oxygen atoms in total. The first-order chi connectivity index (χ1) is 16.9. The zero-order valence-electron chi connectivity index (χ0n) is 16.7. The van der Waals surface area contributed by atoms with Crippen LogP contribution in [0.15, 0.2) is 54.0 Å². The van der Waals surface area contributed by atoms with Crippen molar-refractivity contribution in [1.82, 2.24) is 4.98 Å². The lowest BCUT2D eigenvalue weighted by Crippen LogP contribution is -2.33. The Bertz CT molecular complexity index is 1420. The van der Waals surface area contributed by atoms with E-state index in [1.807, 2.05) is 0 Å². The largest absolute Gasteiger partial charge is 0.268 e. The maximum absolute atomic E-state index is 13.4. The Morgan fingerprint density at radius 2 is 0.694 bits per heavy atom. The van der Waals surface area contributed by atoms with Gasteiger partial charge in [0.05, 0.1) is 22.3 Å².